The molecule has 3 aliphatic rings. The molecule has 0 aromatic rings. The summed E-state index contributed by atoms with van der Waals surface area (Å²) in [5.74, 6) is -0.309. The molecule has 95 heavy (non-hydrogen) atoms. The second kappa shape index (κ2) is 55.5. The summed E-state index contributed by atoms with van der Waals surface area (Å²) in [6, 6.07) is -1.01. The number of hydrogen-bond acceptors (Lipinski definition) is 18. The molecule has 540 valence electrons. The lowest BCUT2D eigenvalue weighted by Gasteiger charge is -2.48. The van der Waals surface area contributed by atoms with E-state index in [1.807, 2.05) is 6.08 Å². The van der Waals surface area contributed by atoms with E-state index in [0.717, 1.165) is 128 Å². The molecule has 3 heterocycles. The zero-order valence-electron chi connectivity index (χ0n) is 57.1. The molecular formula is C76H123NO18. The molecule has 0 aliphatic carbocycles. The Kier molecular flexibility index (Phi) is 49.6. The van der Waals surface area contributed by atoms with Crippen molar-refractivity contribution in [2.75, 3.05) is 26.4 Å². The van der Waals surface area contributed by atoms with Gasteiger partial charge in [0.25, 0.3) is 0 Å². The van der Waals surface area contributed by atoms with E-state index in [0.29, 0.717) is 12.8 Å². The highest BCUT2D eigenvalue weighted by Gasteiger charge is 2.53. The largest absolute Gasteiger partial charge is 0.394 e. The normalized spacial score (nSPS) is 28.1. The maximum atomic E-state index is 13.4. The van der Waals surface area contributed by atoms with Gasteiger partial charge in [-0.25, -0.2) is 0 Å². The third kappa shape index (κ3) is 36.9. The van der Waals surface area contributed by atoms with Gasteiger partial charge in [-0.15, -0.1) is 0 Å². The molecule has 19 nitrogen and oxygen atoms in total. The molecule has 12 N–H and O–H groups in total. The molecule has 0 bridgehead atoms. The van der Waals surface area contributed by atoms with Crippen LogP contribution < -0.4 is 5.32 Å². The Morgan fingerprint density at radius 1 is 0.389 bits per heavy atom. The van der Waals surface area contributed by atoms with Gasteiger partial charge in [0, 0.05) is 6.42 Å². The molecule has 0 aromatic carbocycles. The molecular weight excluding hydrogens is 1210 g/mol. The summed E-state index contributed by atoms with van der Waals surface area (Å²) in [6.45, 7) is 1.53. The van der Waals surface area contributed by atoms with Crippen LogP contribution in [0.2, 0.25) is 0 Å². The van der Waals surface area contributed by atoms with Gasteiger partial charge < -0.3 is 89.9 Å². The number of unbranched alkanes of at least 4 members (excludes halogenated alkanes) is 14. The predicted octanol–water partition coefficient (Wildman–Crippen LogP) is 9.93. The zero-order valence-corrected chi connectivity index (χ0v) is 57.1. The number of amides is 1. The van der Waals surface area contributed by atoms with E-state index in [4.69, 9.17) is 28.4 Å². The summed E-state index contributed by atoms with van der Waals surface area (Å²) in [7, 11) is 0. The quantitative estimate of drug-likeness (QED) is 0.0199. The number of nitrogens with one attached hydrogen (secondary N) is 1. The van der Waals surface area contributed by atoms with Gasteiger partial charge in [0.15, 0.2) is 18.9 Å². The highest BCUT2D eigenvalue weighted by molar-refractivity contribution is 5.76. The third-order valence-electron chi connectivity index (χ3n) is 16.6. The Balaban J connectivity index is 1.40. The van der Waals surface area contributed by atoms with E-state index in [1.54, 1.807) is 6.08 Å². The van der Waals surface area contributed by atoms with Crippen molar-refractivity contribution in [3.63, 3.8) is 0 Å². The molecule has 17 atom stereocenters. The van der Waals surface area contributed by atoms with Crippen LogP contribution in [0.3, 0.4) is 0 Å². The van der Waals surface area contributed by atoms with E-state index in [-0.39, 0.29) is 18.9 Å². The van der Waals surface area contributed by atoms with Crippen LogP contribution in [-0.2, 0) is 33.2 Å². The van der Waals surface area contributed by atoms with Crippen molar-refractivity contribution in [2.24, 2.45) is 0 Å². The molecule has 1 amide bonds. The fourth-order valence-electron chi connectivity index (χ4n) is 10.9. The van der Waals surface area contributed by atoms with Gasteiger partial charge in [-0.2, -0.15) is 0 Å². The number of hydrogen-bond donors (Lipinski definition) is 12. The number of ether oxygens (including phenoxy) is 6. The van der Waals surface area contributed by atoms with Gasteiger partial charge in [-0.05, 0) is 116 Å². The Labute approximate surface area is 568 Å². The van der Waals surface area contributed by atoms with Crippen LogP contribution >= 0.6 is 0 Å². The van der Waals surface area contributed by atoms with Crippen LogP contribution in [0.25, 0.3) is 0 Å². The second-order valence-corrected chi connectivity index (χ2v) is 24.6. The number of aliphatic hydroxyl groups is 11. The van der Waals surface area contributed by atoms with Crippen LogP contribution in [-0.4, -0.2) is 193 Å². The molecule has 3 fully saturated rings. The molecule has 0 aromatic heterocycles. The first-order chi connectivity index (χ1) is 46.3. The molecule has 3 rings (SSSR count). The lowest BCUT2D eigenvalue weighted by molar-refractivity contribution is -0.379. The van der Waals surface area contributed by atoms with Crippen molar-refractivity contribution >= 4 is 5.91 Å². The maximum absolute atomic E-state index is 13.4. The number of rotatable bonds is 52. The minimum atomic E-state index is -1.99. The standard InChI is InChI=1S/C76H123NO18/c1-3-5-7-9-11-13-15-17-19-20-21-22-23-24-25-26-27-28-29-30-31-32-33-34-35-36-37-38-40-42-44-46-48-50-52-54-64(82)77-59(60(81)53-51-49-47-45-43-41-39-18-16-14-12-10-8-6-4-2)58-90-74-70(88)67(85)72(62(56-79)92-74)95-76-71(89)68(86)73(63(57-80)93-76)94-75-69(87)66(84)65(83)61(55-78)91-75/h5,7,11,13,16-19,21-22,24-25,27-28,30-31,33-34,36-37,43,45,51,53,59-63,65-76,78-81,83-89H,3-4,6,8-10,12,14-15,20,23,26,29,32,35,38-42,44,46-50,52,54-58H2,1-2H3,(H,77,82)/b7-5-,13-11-,18-16+,19-17-,22-21-,25-24-,28-27-,31-30-,34-33-,37-36-,45-43+,53-51+. The summed E-state index contributed by atoms with van der Waals surface area (Å²) in [5.41, 5.74) is 0. The lowest BCUT2D eigenvalue weighted by Crippen LogP contribution is -2.66. The smallest absolute Gasteiger partial charge is 0.220 e. The number of carbonyl (C=O) groups is 1. The lowest BCUT2D eigenvalue weighted by atomic mass is 9.96. The van der Waals surface area contributed by atoms with Crippen LogP contribution in [0.15, 0.2) is 146 Å². The van der Waals surface area contributed by atoms with Gasteiger partial charge in [-0.1, -0.05) is 217 Å². The summed E-state index contributed by atoms with van der Waals surface area (Å²) in [6.07, 6.45) is 52.5. The van der Waals surface area contributed by atoms with Crippen LogP contribution in [0.1, 0.15) is 194 Å². The first kappa shape index (κ1) is 84.9. The highest BCUT2D eigenvalue weighted by atomic mass is 16.8. The van der Waals surface area contributed by atoms with E-state index >= 15 is 0 Å². The van der Waals surface area contributed by atoms with Crippen molar-refractivity contribution < 1.29 is 89.4 Å². The van der Waals surface area contributed by atoms with Crippen LogP contribution in [0.5, 0.6) is 0 Å². The molecule has 17 unspecified atom stereocenters. The van der Waals surface area contributed by atoms with E-state index in [1.165, 1.54) is 32.1 Å². The van der Waals surface area contributed by atoms with Crippen LogP contribution in [0, 0.1) is 0 Å². The SMILES string of the molecule is CC/C=C\C/C=C\C/C=C\C/C=C\C/C=C\C/C=C\C/C=C\C/C=C\C/C=C\CCCCCCCCCC(=O)NC(COC1OC(CO)C(OC2OC(CO)C(OC3OC(CO)C(O)C(O)C3O)C(O)C2O)C(O)C1O)C(O)/C=C/CC/C=C/CC/C=C/CCCCCCC. The molecule has 0 saturated carbocycles. The predicted molar refractivity (Wildman–Crippen MR) is 373 cm³/mol. The molecule has 19 heteroatoms. The van der Waals surface area contributed by atoms with E-state index in [2.05, 4.69) is 153 Å². The zero-order chi connectivity index (χ0) is 68.9. The minimum absolute atomic E-state index is 0.208. The number of allylic oxidation sites excluding steroid dienone is 23. The Hall–Kier alpha value is -4.33. The van der Waals surface area contributed by atoms with Gasteiger partial charge in [0.2, 0.25) is 5.91 Å². The van der Waals surface area contributed by atoms with Crippen molar-refractivity contribution in [3.8, 4) is 0 Å². The number of aliphatic hydroxyl groups excluding tert-OH is 11. The molecule has 0 spiro atoms. The van der Waals surface area contributed by atoms with Crippen LogP contribution in [0.4, 0.5) is 0 Å². The first-order valence-electron chi connectivity index (χ1n) is 35.6. The van der Waals surface area contributed by atoms with Crippen molar-refractivity contribution in [1.29, 1.82) is 0 Å². The second-order valence-electron chi connectivity index (χ2n) is 24.6. The molecule has 0 radical (unpaired) electrons. The van der Waals surface area contributed by atoms with Crippen molar-refractivity contribution in [3.05, 3.63) is 146 Å². The minimum Gasteiger partial charge on any atom is -0.394 e. The fraction of sp³-hybridized carbons (Fsp3) is 0.671. The Bertz CT molecular complexity index is 2290. The third-order valence-corrected chi connectivity index (χ3v) is 16.6. The topological polar surface area (TPSA) is 307 Å². The molecule has 3 saturated heterocycles. The average Bonchev–Trinajstić information content (AvgIpc) is 0.799. The monoisotopic (exact) mass is 1340 g/mol. The van der Waals surface area contributed by atoms with E-state index in [9.17, 15) is 61.0 Å². The molecule has 3 aliphatic heterocycles. The van der Waals surface area contributed by atoms with Gasteiger partial charge >= 0.3 is 0 Å². The van der Waals surface area contributed by atoms with Gasteiger partial charge in [0.1, 0.15) is 73.2 Å². The van der Waals surface area contributed by atoms with Crippen molar-refractivity contribution in [2.45, 2.75) is 298 Å². The van der Waals surface area contributed by atoms with Gasteiger partial charge in [-0.3, -0.25) is 4.79 Å². The Morgan fingerprint density at radius 3 is 1.18 bits per heavy atom. The summed E-state index contributed by atoms with van der Waals surface area (Å²) >= 11 is 0. The van der Waals surface area contributed by atoms with Gasteiger partial charge in [0.05, 0.1) is 38.6 Å². The van der Waals surface area contributed by atoms with Crippen molar-refractivity contribution in [1.82, 2.24) is 5.32 Å². The van der Waals surface area contributed by atoms with E-state index < -0.39 is 124 Å². The Morgan fingerprint density at radius 2 is 0.737 bits per heavy atom. The average molecular weight is 1340 g/mol. The highest BCUT2D eigenvalue weighted by Crippen LogP contribution is 2.33. The maximum Gasteiger partial charge on any atom is 0.220 e. The summed E-state index contributed by atoms with van der Waals surface area (Å²) in [5, 5.41) is 120. The summed E-state index contributed by atoms with van der Waals surface area (Å²) in [4.78, 5) is 13.4. The summed E-state index contributed by atoms with van der Waals surface area (Å²) < 4.78 is 34.3. The first-order valence-corrected chi connectivity index (χ1v) is 35.6. The fourth-order valence-corrected chi connectivity index (χ4v) is 10.9. The number of carbonyl (C=O) groups excluding carboxylic acids is 1.